The van der Waals surface area contributed by atoms with Crippen molar-refractivity contribution in [1.82, 2.24) is 4.90 Å². The van der Waals surface area contributed by atoms with Gasteiger partial charge in [0.05, 0.1) is 40.7 Å². The molecule has 1 unspecified atom stereocenters. The maximum atomic E-state index is 14.2. The van der Waals surface area contributed by atoms with Gasteiger partial charge in [0.1, 0.15) is 12.3 Å². The van der Waals surface area contributed by atoms with Crippen LogP contribution in [-0.2, 0) is 16.1 Å². The highest BCUT2D eigenvalue weighted by Gasteiger charge is 2.48. The van der Waals surface area contributed by atoms with Crippen molar-refractivity contribution in [2.24, 2.45) is 5.92 Å². The summed E-state index contributed by atoms with van der Waals surface area (Å²) < 4.78 is 17.3. The zero-order valence-corrected chi connectivity index (χ0v) is 26.4. The molecule has 2 heterocycles. The molecule has 0 spiro atoms. The highest BCUT2D eigenvalue weighted by molar-refractivity contribution is 5.95. The molecule has 0 aromatic heterocycles. The van der Waals surface area contributed by atoms with Gasteiger partial charge in [-0.3, -0.25) is 14.5 Å². The quantitative estimate of drug-likeness (QED) is 0.281. The lowest BCUT2D eigenvalue weighted by molar-refractivity contribution is -0.884. The molecule has 0 bridgehead atoms. The lowest BCUT2D eigenvalue weighted by atomic mass is 9.82. The Kier molecular flexibility index (Phi) is 9.46. The third-order valence-corrected chi connectivity index (χ3v) is 8.42. The Morgan fingerprint density at radius 3 is 2.41 bits per heavy atom. The van der Waals surface area contributed by atoms with E-state index in [1.54, 1.807) is 7.11 Å². The number of quaternary nitrogens is 1. The summed E-state index contributed by atoms with van der Waals surface area (Å²) in [5, 5.41) is 10.6. The molecule has 2 aliphatic rings. The van der Waals surface area contributed by atoms with E-state index in [0.717, 1.165) is 46.2 Å². The van der Waals surface area contributed by atoms with Gasteiger partial charge in [0, 0.05) is 36.3 Å². The van der Waals surface area contributed by atoms with Gasteiger partial charge in [-0.05, 0) is 53.9 Å². The van der Waals surface area contributed by atoms with Gasteiger partial charge in [0.25, 0.3) is 0 Å². The second kappa shape index (κ2) is 13.3. The number of methoxy groups -OCH3 is 1. The Morgan fingerprint density at radius 2 is 1.73 bits per heavy atom. The van der Waals surface area contributed by atoms with Crippen molar-refractivity contribution in [3.8, 4) is 17.2 Å². The number of unbranched alkanes of at least 4 members (excludes halogenated alkanes) is 1. The minimum Gasteiger partial charge on any atom is -0.497 e. The summed E-state index contributed by atoms with van der Waals surface area (Å²) in [4.78, 5) is 31.1. The van der Waals surface area contributed by atoms with Crippen molar-refractivity contribution in [2.45, 2.75) is 38.3 Å². The number of aliphatic carboxylic acids is 1. The summed E-state index contributed by atoms with van der Waals surface area (Å²) in [5.41, 5.74) is 3.72. The summed E-state index contributed by atoms with van der Waals surface area (Å²) in [6.45, 7) is 4.19. The van der Waals surface area contributed by atoms with E-state index < -0.39 is 17.9 Å². The molecule has 1 amide bonds. The van der Waals surface area contributed by atoms with Crippen LogP contribution in [0.3, 0.4) is 0 Å². The first-order chi connectivity index (χ1) is 21.1. The number of anilines is 1. The first-order valence-corrected chi connectivity index (χ1v) is 15.3. The molecule has 9 heteroatoms. The van der Waals surface area contributed by atoms with Crippen LogP contribution in [0.2, 0.25) is 0 Å². The van der Waals surface area contributed by atoms with Gasteiger partial charge < -0.3 is 28.7 Å². The first kappa shape index (κ1) is 31.3. The molecule has 1 fully saturated rings. The Labute approximate surface area is 260 Å². The molecule has 1 N–H and O–H groups in total. The van der Waals surface area contributed by atoms with E-state index >= 15 is 0 Å². The van der Waals surface area contributed by atoms with E-state index in [1.807, 2.05) is 64.4 Å². The molecule has 0 radical (unpaired) electrons. The van der Waals surface area contributed by atoms with E-state index in [0.29, 0.717) is 30.3 Å². The van der Waals surface area contributed by atoms with Crippen molar-refractivity contribution in [1.29, 1.82) is 0 Å². The van der Waals surface area contributed by atoms with Crippen LogP contribution in [0.5, 0.6) is 17.2 Å². The van der Waals surface area contributed by atoms with Crippen LogP contribution in [0.4, 0.5) is 5.69 Å². The molecule has 2 aliphatic heterocycles. The zero-order valence-electron chi connectivity index (χ0n) is 26.4. The van der Waals surface area contributed by atoms with Gasteiger partial charge in [-0.2, -0.15) is 0 Å². The Morgan fingerprint density at radius 1 is 1.00 bits per heavy atom. The van der Waals surface area contributed by atoms with Crippen LogP contribution >= 0.6 is 0 Å². The number of likely N-dealkylation sites (tertiary alicyclic amines) is 1. The highest BCUT2D eigenvalue weighted by atomic mass is 16.7. The normalized spacial score (nSPS) is 19.6. The van der Waals surface area contributed by atoms with Gasteiger partial charge in [-0.15, -0.1) is 0 Å². The average molecular weight is 603 g/mol. The number of nitrogens with zero attached hydrogens (tertiary/aromatic N) is 3. The summed E-state index contributed by atoms with van der Waals surface area (Å²) in [6, 6.07) is 20.8. The van der Waals surface area contributed by atoms with E-state index in [-0.39, 0.29) is 25.2 Å². The van der Waals surface area contributed by atoms with Crippen LogP contribution in [-0.4, -0.2) is 81.0 Å². The highest BCUT2D eigenvalue weighted by Crippen LogP contribution is 2.48. The number of hydrogen-bond acceptors (Lipinski definition) is 6. The van der Waals surface area contributed by atoms with Crippen LogP contribution < -0.4 is 19.1 Å². The van der Waals surface area contributed by atoms with Crippen molar-refractivity contribution >= 4 is 17.6 Å². The van der Waals surface area contributed by atoms with E-state index in [2.05, 4.69) is 40.2 Å². The number of ether oxygens (including phenoxy) is 3. The van der Waals surface area contributed by atoms with Crippen molar-refractivity contribution in [2.75, 3.05) is 59.6 Å². The minimum atomic E-state index is -0.903. The fraction of sp³-hybridized carbons (Fsp3) is 0.429. The van der Waals surface area contributed by atoms with E-state index in [1.165, 1.54) is 0 Å². The summed E-state index contributed by atoms with van der Waals surface area (Å²) >= 11 is 0. The number of carbonyl (C=O) groups is 2. The van der Waals surface area contributed by atoms with Crippen molar-refractivity contribution in [3.63, 3.8) is 0 Å². The number of carbonyl (C=O) groups excluding carboxylic acids is 1. The summed E-state index contributed by atoms with van der Waals surface area (Å²) in [5.74, 6) is -0.146. The summed E-state index contributed by atoms with van der Waals surface area (Å²) in [7, 11) is 8.05. The second-order valence-electron chi connectivity index (χ2n) is 12.7. The average Bonchev–Trinajstić information content (AvgIpc) is 3.61. The molecule has 5 rings (SSSR count). The standard InChI is InChI=1S/C35H43N3O6/c1-6-7-17-37(27-10-8-9-24(18-27)22-38(2,3)4)32(39)21-36-20-29(26-13-16-30-31(19-26)44-23-43-30)33(35(40)41)34(36)25-11-14-28(42-5)15-12-25/h8-16,18-19,29,33-34H,6-7,17,20-23H2,1-5H3/p+1/t29?,33-,34+/m0/s1. The third-order valence-electron chi connectivity index (χ3n) is 8.42. The smallest absolute Gasteiger partial charge is 0.309 e. The number of carboxylic acids is 1. The topological polar surface area (TPSA) is 88.5 Å². The molecule has 3 aromatic rings. The number of hydrogen-bond donors (Lipinski definition) is 1. The molecule has 44 heavy (non-hydrogen) atoms. The molecular formula is C35H44N3O6+. The molecule has 9 nitrogen and oxygen atoms in total. The first-order valence-electron chi connectivity index (χ1n) is 15.3. The van der Waals surface area contributed by atoms with E-state index in [4.69, 9.17) is 14.2 Å². The van der Waals surface area contributed by atoms with Gasteiger partial charge in [-0.25, -0.2) is 0 Å². The van der Waals surface area contributed by atoms with Crippen LogP contribution in [0.1, 0.15) is 48.4 Å². The molecule has 234 valence electrons. The predicted molar refractivity (Wildman–Crippen MR) is 169 cm³/mol. The molecular weight excluding hydrogens is 558 g/mol. The number of rotatable bonds is 12. The molecule has 1 saturated heterocycles. The lowest BCUT2D eigenvalue weighted by Crippen LogP contribution is -2.41. The van der Waals surface area contributed by atoms with Gasteiger partial charge in [0.2, 0.25) is 12.7 Å². The fourth-order valence-electron chi connectivity index (χ4n) is 6.42. The maximum Gasteiger partial charge on any atom is 0.309 e. The van der Waals surface area contributed by atoms with Gasteiger partial charge >= 0.3 is 5.97 Å². The number of fused-ring (bicyclic) bond motifs is 1. The molecule has 3 aromatic carbocycles. The molecule has 0 aliphatic carbocycles. The Bertz CT molecular complexity index is 1470. The maximum absolute atomic E-state index is 14.2. The van der Waals surface area contributed by atoms with Crippen LogP contribution in [0.15, 0.2) is 66.7 Å². The van der Waals surface area contributed by atoms with Gasteiger partial charge in [0.15, 0.2) is 11.5 Å². The number of carboxylic acid groups (broad SMARTS) is 1. The zero-order chi connectivity index (χ0) is 31.4. The van der Waals surface area contributed by atoms with Gasteiger partial charge in [-0.1, -0.05) is 43.7 Å². The number of benzene rings is 3. The molecule has 3 atom stereocenters. The Balaban J connectivity index is 1.49. The van der Waals surface area contributed by atoms with Crippen molar-refractivity contribution in [3.05, 3.63) is 83.4 Å². The minimum absolute atomic E-state index is 0.0464. The van der Waals surface area contributed by atoms with E-state index in [9.17, 15) is 14.7 Å². The second-order valence-corrected chi connectivity index (χ2v) is 12.7. The predicted octanol–water partition coefficient (Wildman–Crippen LogP) is 5.30. The molecule has 0 saturated carbocycles. The van der Waals surface area contributed by atoms with Crippen LogP contribution in [0.25, 0.3) is 0 Å². The largest absolute Gasteiger partial charge is 0.497 e. The Hall–Kier alpha value is -4.08. The fourth-order valence-corrected chi connectivity index (χ4v) is 6.42. The van der Waals surface area contributed by atoms with Crippen molar-refractivity contribution < 1.29 is 33.4 Å². The monoisotopic (exact) mass is 602 g/mol. The summed E-state index contributed by atoms with van der Waals surface area (Å²) in [6.07, 6.45) is 1.82. The lowest BCUT2D eigenvalue weighted by Gasteiger charge is -2.30. The number of amides is 1. The third kappa shape index (κ3) is 7.00. The SMILES string of the molecule is CCCCN(C(=O)CN1CC(c2ccc3c(c2)OCO3)[C@H](C(=O)O)[C@H]1c1ccc(OC)cc1)c1cccc(C[N+](C)(C)C)c1. The van der Waals surface area contributed by atoms with Crippen LogP contribution in [0, 0.1) is 5.92 Å².